The third-order valence-corrected chi connectivity index (χ3v) is 7.31. The lowest BCUT2D eigenvalue weighted by Gasteiger charge is -2.34. The van der Waals surface area contributed by atoms with E-state index in [0.717, 1.165) is 24.5 Å². The lowest BCUT2D eigenvalue weighted by molar-refractivity contribution is 0.0625. The number of sulfonamides is 1. The maximum atomic E-state index is 12.9. The molecule has 0 spiro atoms. The van der Waals surface area contributed by atoms with E-state index in [2.05, 4.69) is 14.8 Å². The van der Waals surface area contributed by atoms with Gasteiger partial charge in [0.25, 0.3) is 15.9 Å². The van der Waals surface area contributed by atoms with Gasteiger partial charge in [-0.3, -0.25) is 14.4 Å². The summed E-state index contributed by atoms with van der Waals surface area (Å²) in [7, 11) is -3.83. The number of nitrogens with zero attached hydrogens (tertiary/aromatic N) is 3. The van der Waals surface area contributed by atoms with Gasteiger partial charge in [-0.1, -0.05) is 5.16 Å². The van der Waals surface area contributed by atoms with Crippen molar-refractivity contribution >= 4 is 21.6 Å². The first-order valence-corrected chi connectivity index (χ1v) is 12.8. The molecule has 184 valence electrons. The van der Waals surface area contributed by atoms with Gasteiger partial charge < -0.3 is 18.9 Å². The van der Waals surface area contributed by atoms with Crippen LogP contribution in [0.25, 0.3) is 0 Å². The summed E-state index contributed by atoms with van der Waals surface area (Å²) >= 11 is 0. The molecule has 5 rings (SSSR count). The SMILES string of the molecule is Cc1cc(CN2CCN(C(=O)c3ccc(NS(=O)(=O)c4ccc5c(c4)OCCO5)cc3)CC2)no1. The highest BCUT2D eigenvalue weighted by molar-refractivity contribution is 7.92. The Morgan fingerprint density at radius 2 is 1.69 bits per heavy atom. The topological polar surface area (TPSA) is 114 Å². The molecule has 2 aromatic carbocycles. The summed E-state index contributed by atoms with van der Waals surface area (Å²) in [4.78, 5) is 17.0. The molecule has 35 heavy (non-hydrogen) atoms. The Morgan fingerprint density at radius 3 is 2.37 bits per heavy atom. The summed E-state index contributed by atoms with van der Waals surface area (Å²) in [5.41, 5.74) is 1.76. The molecule has 3 aromatic rings. The van der Waals surface area contributed by atoms with Crippen LogP contribution in [0.2, 0.25) is 0 Å². The van der Waals surface area contributed by atoms with E-state index in [-0.39, 0.29) is 10.8 Å². The Hall–Kier alpha value is -3.57. The van der Waals surface area contributed by atoms with E-state index in [4.69, 9.17) is 14.0 Å². The summed E-state index contributed by atoms with van der Waals surface area (Å²) in [5, 5.41) is 4.03. The number of aryl methyl sites for hydroxylation is 1. The summed E-state index contributed by atoms with van der Waals surface area (Å²) in [5.74, 6) is 1.62. The van der Waals surface area contributed by atoms with Crippen molar-refractivity contribution in [2.45, 2.75) is 18.4 Å². The molecule has 0 aliphatic carbocycles. The first kappa shape index (κ1) is 23.2. The Morgan fingerprint density at radius 1 is 0.971 bits per heavy atom. The second-order valence-electron chi connectivity index (χ2n) is 8.49. The van der Waals surface area contributed by atoms with E-state index in [1.807, 2.05) is 13.0 Å². The second kappa shape index (κ2) is 9.59. The lowest BCUT2D eigenvalue weighted by Crippen LogP contribution is -2.48. The minimum absolute atomic E-state index is 0.0700. The number of hydrogen-bond acceptors (Lipinski definition) is 8. The molecule has 1 fully saturated rings. The van der Waals surface area contributed by atoms with Crippen molar-refractivity contribution in [1.82, 2.24) is 15.0 Å². The zero-order valence-electron chi connectivity index (χ0n) is 19.3. The first-order valence-electron chi connectivity index (χ1n) is 11.3. The molecule has 0 radical (unpaired) electrons. The van der Waals surface area contributed by atoms with Gasteiger partial charge in [0.05, 0.1) is 10.6 Å². The van der Waals surface area contributed by atoms with Crippen LogP contribution < -0.4 is 14.2 Å². The molecule has 2 aliphatic rings. The van der Waals surface area contributed by atoms with E-state index in [0.29, 0.717) is 55.6 Å². The van der Waals surface area contributed by atoms with Crippen LogP contribution in [0.15, 0.2) is 57.9 Å². The molecule has 10 nitrogen and oxygen atoms in total. The number of nitrogens with one attached hydrogen (secondary N) is 1. The minimum atomic E-state index is -3.83. The van der Waals surface area contributed by atoms with Crippen molar-refractivity contribution < 1.29 is 27.2 Å². The Kier molecular flexibility index (Phi) is 6.35. The average Bonchev–Trinajstić information content (AvgIpc) is 3.28. The van der Waals surface area contributed by atoms with Crippen molar-refractivity contribution in [2.75, 3.05) is 44.1 Å². The Bertz CT molecular complexity index is 1310. The number of carbonyl (C=O) groups excluding carboxylic acids is 1. The van der Waals surface area contributed by atoms with Crippen LogP contribution in [0.3, 0.4) is 0 Å². The molecule has 3 heterocycles. The molecule has 1 saturated heterocycles. The molecular formula is C24H26N4O6S. The molecule has 11 heteroatoms. The molecule has 0 saturated carbocycles. The molecule has 0 atom stereocenters. The van der Waals surface area contributed by atoms with E-state index in [1.165, 1.54) is 12.1 Å². The van der Waals surface area contributed by atoms with Crippen LogP contribution in [-0.2, 0) is 16.6 Å². The van der Waals surface area contributed by atoms with Crippen LogP contribution in [0.5, 0.6) is 11.5 Å². The molecule has 0 unspecified atom stereocenters. The average molecular weight is 499 g/mol. The molecular weight excluding hydrogens is 472 g/mol. The second-order valence-corrected chi connectivity index (χ2v) is 10.2. The standard InChI is InChI=1S/C24H26N4O6S/c1-17-14-20(25-34-17)16-27-8-10-28(11-9-27)24(29)18-2-4-19(5-3-18)26-35(30,31)21-6-7-22-23(15-21)33-13-12-32-22/h2-7,14-15,26H,8-13,16H2,1H3. The molecule has 1 amide bonds. The number of anilines is 1. The van der Waals surface area contributed by atoms with Gasteiger partial charge in [0, 0.05) is 56.1 Å². The fourth-order valence-electron chi connectivity index (χ4n) is 4.10. The number of amides is 1. The number of ether oxygens (including phenoxy) is 2. The van der Waals surface area contributed by atoms with Gasteiger partial charge >= 0.3 is 0 Å². The van der Waals surface area contributed by atoms with E-state index in [1.54, 1.807) is 35.2 Å². The number of benzene rings is 2. The highest BCUT2D eigenvalue weighted by atomic mass is 32.2. The van der Waals surface area contributed by atoms with E-state index in [9.17, 15) is 13.2 Å². The molecule has 1 N–H and O–H groups in total. The highest BCUT2D eigenvalue weighted by Gasteiger charge is 2.23. The van der Waals surface area contributed by atoms with Gasteiger partial charge in [0.2, 0.25) is 0 Å². The fraction of sp³-hybridized carbons (Fsp3) is 0.333. The van der Waals surface area contributed by atoms with Gasteiger partial charge in [0.15, 0.2) is 11.5 Å². The van der Waals surface area contributed by atoms with Crippen LogP contribution in [0.1, 0.15) is 21.8 Å². The number of rotatable bonds is 6. The Labute approximate surface area is 203 Å². The summed E-state index contributed by atoms with van der Waals surface area (Å²) in [6, 6.07) is 12.9. The normalized spacial score (nSPS) is 16.2. The van der Waals surface area contributed by atoms with Gasteiger partial charge in [0.1, 0.15) is 19.0 Å². The zero-order valence-corrected chi connectivity index (χ0v) is 20.1. The molecule has 1 aromatic heterocycles. The number of piperazine rings is 1. The molecule has 0 bridgehead atoms. The fourth-order valence-corrected chi connectivity index (χ4v) is 5.17. The number of aromatic nitrogens is 1. The number of hydrogen-bond donors (Lipinski definition) is 1. The van der Waals surface area contributed by atoms with Gasteiger partial charge in [-0.05, 0) is 43.3 Å². The predicted molar refractivity (Wildman–Crippen MR) is 127 cm³/mol. The van der Waals surface area contributed by atoms with Gasteiger partial charge in [-0.15, -0.1) is 0 Å². The third kappa shape index (κ3) is 5.25. The van der Waals surface area contributed by atoms with Crippen molar-refractivity contribution in [3.63, 3.8) is 0 Å². The lowest BCUT2D eigenvalue weighted by atomic mass is 10.1. The maximum absolute atomic E-state index is 12.9. The van der Waals surface area contributed by atoms with Gasteiger partial charge in [-0.25, -0.2) is 8.42 Å². The molecule has 2 aliphatic heterocycles. The van der Waals surface area contributed by atoms with Crippen LogP contribution >= 0.6 is 0 Å². The van der Waals surface area contributed by atoms with Gasteiger partial charge in [-0.2, -0.15) is 0 Å². The predicted octanol–water partition coefficient (Wildman–Crippen LogP) is 2.51. The van der Waals surface area contributed by atoms with Crippen molar-refractivity contribution in [2.24, 2.45) is 0 Å². The minimum Gasteiger partial charge on any atom is -0.486 e. The number of carbonyl (C=O) groups is 1. The van der Waals surface area contributed by atoms with E-state index >= 15 is 0 Å². The summed E-state index contributed by atoms with van der Waals surface area (Å²) < 4.78 is 44.2. The van der Waals surface area contributed by atoms with Crippen LogP contribution in [0.4, 0.5) is 5.69 Å². The van der Waals surface area contributed by atoms with E-state index < -0.39 is 10.0 Å². The highest BCUT2D eigenvalue weighted by Crippen LogP contribution is 2.32. The van der Waals surface area contributed by atoms with Crippen LogP contribution in [-0.4, -0.2) is 68.7 Å². The number of fused-ring (bicyclic) bond motifs is 1. The smallest absolute Gasteiger partial charge is 0.262 e. The third-order valence-electron chi connectivity index (χ3n) is 5.93. The Balaban J connectivity index is 1.18. The largest absolute Gasteiger partial charge is 0.486 e. The van der Waals surface area contributed by atoms with Crippen molar-refractivity contribution in [3.05, 3.63) is 65.5 Å². The monoisotopic (exact) mass is 498 g/mol. The quantitative estimate of drug-likeness (QED) is 0.552. The summed E-state index contributed by atoms with van der Waals surface area (Å²) in [6.45, 7) is 6.05. The summed E-state index contributed by atoms with van der Waals surface area (Å²) in [6.07, 6.45) is 0. The first-order chi connectivity index (χ1) is 16.9. The zero-order chi connectivity index (χ0) is 24.4. The van der Waals surface area contributed by atoms with Crippen molar-refractivity contribution in [1.29, 1.82) is 0 Å². The maximum Gasteiger partial charge on any atom is 0.262 e. The van der Waals surface area contributed by atoms with Crippen molar-refractivity contribution in [3.8, 4) is 11.5 Å². The van der Waals surface area contributed by atoms with Crippen LogP contribution in [0, 0.1) is 6.92 Å².